The predicted octanol–water partition coefficient (Wildman–Crippen LogP) is 1.75. The van der Waals surface area contributed by atoms with E-state index in [-0.39, 0.29) is 11.8 Å². The molecule has 1 aromatic rings. The van der Waals surface area contributed by atoms with E-state index in [1.807, 2.05) is 0 Å². The number of hydrogen-bond acceptors (Lipinski definition) is 5. The summed E-state index contributed by atoms with van der Waals surface area (Å²) in [4.78, 5) is 13.4. The van der Waals surface area contributed by atoms with Crippen LogP contribution in [0.4, 0.5) is 0 Å². The fourth-order valence-corrected chi connectivity index (χ4v) is 3.88. The number of aromatic amines is 1. The molecule has 122 valence electrons. The predicted molar refractivity (Wildman–Crippen MR) is 83.2 cm³/mol. The summed E-state index contributed by atoms with van der Waals surface area (Å²) in [5.74, 6) is -0.180. The maximum Gasteiger partial charge on any atom is 0.243 e. The Morgan fingerprint density at radius 3 is 2.83 bits per heavy atom. The normalized spacial score (nSPS) is 22.4. The zero-order valence-corrected chi connectivity index (χ0v) is 13.5. The molecular weight excluding hydrogens is 294 g/mol. The minimum absolute atomic E-state index is 0.0363. The number of carbonyl (C=O) groups excluding carboxylic acids is 1. The van der Waals surface area contributed by atoms with Gasteiger partial charge in [0.1, 0.15) is 5.92 Å². The Morgan fingerprint density at radius 1 is 1.57 bits per heavy atom. The Labute approximate surface area is 135 Å². The highest BCUT2D eigenvalue weighted by Gasteiger charge is 2.53. The third-order valence-corrected chi connectivity index (χ3v) is 5.06. The Balaban J connectivity index is 2.06. The molecule has 0 aromatic carbocycles. The van der Waals surface area contributed by atoms with Crippen molar-refractivity contribution in [3.8, 4) is 11.9 Å². The Hall–Kier alpha value is -2.36. The number of hydrogen-bond donors (Lipinski definition) is 2. The minimum Gasteiger partial charge on any atom is -0.422 e. The summed E-state index contributed by atoms with van der Waals surface area (Å²) in [5.41, 5.74) is 1.46. The second-order valence-corrected chi connectivity index (χ2v) is 6.32. The second kappa shape index (κ2) is 5.69. The van der Waals surface area contributed by atoms with Crippen LogP contribution < -0.4 is 4.74 Å². The fourth-order valence-electron chi connectivity index (χ4n) is 3.88. The van der Waals surface area contributed by atoms with Crippen LogP contribution in [0.1, 0.15) is 44.4 Å². The molecule has 2 N–H and O–H groups in total. The molecule has 0 saturated carbocycles. The minimum atomic E-state index is -0.627. The number of aryl methyl sites for hydroxylation is 1. The second-order valence-electron chi connectivity index (χ2n) is 6.32. The first kappa shape index (κ1) is 15.5. The summed E-state index contributed by atoms with van der Waals surface area (Å²) in [6.07, 6.45) is 3.09. The largest absolute Gasteiger partial charge is 0.422 e. The molecule has 1 spiro atoms. The zero-order chi connectivity index (χ0) is 16.6. The maximum absolute atomic E-state index is 11.6. The van der Waals surface area contributed by atoms with Crippen molar-refractivity contribution in [1.82, 2.24) is 15.1 Å². The molecule has 1 unspecified atom stereocenters. The molecule has 2 aliphatic heterocycles. The van der Waals surface area contributed by atoms with E-state index in [1.54, 1.807) is 11.8 Å². The highest BCUT2D eigenvalue weighted by atomic mass is 16.5. The number of ether oxygens (including phenoxy) is 1. The molecule has 3 heterocycles. The van der Waals surface area contributed by atoms with E-state index in [0.717, 1.165) is 24.1 Å². The van der Waals surface area contributed by atoms with E-state index in [4.69, 9.17) is 10.1 Å². The first-order chi connectivity index (χ1) is 11.0. The number of fused-ring (bicyclic) bond motifs is 2. The number of piperidine rings is 1. The lowest BCUT2D eigenvalue weighted by Gasteiger charge is -2.46. The van der Waals surface area contributed by atoms with Gasteiger partial charge in [0, 0.05) is 36.7 Å². The number of nitrogens with one attached hydrogen (secondary N) is 2. The van der Waals surface area contributed by atoms with Crippen molar-refractivity contribution in [3.63, 3.8) is 0 Å². The zero-order valence-electron chi connectivity index (χ0n) is 13.5. The lowest BCUT2D eigenvalue weighted by molar-refractivity contribution is -0.130. The molecule has 7 nitrogen and oxygen atoms in total. The van der Waals surface area contributed by atoms with Crippen molar-refractivity contribution in [2.75, 3.05) is 13.1 Å². The quantitative estimate of drug-likeness (QED) is 0.867. The van der Waals surface area contributed by atoms with Gasteiger partial charge in [0.05, 0.1) is 6.07 Å². The van der Waals surface area contributed by atoms with E-state index in [2.05, 4.69) is 23.2 Å². The standard InChI is InChI=1S/C16H21N5O2/c1-3-4-12-13-15(20-19-12)23-14(18)11(9-17)16(13)5-7-21(8-6-16)10(2)22/h11,18H,3-8H2,1-2H3,(H,19,20). The third-order valence-electron chi connectivity index (χ3n) is 5.06. The summed E-state index contributed by atoms with van der Waals surface area (Å²) in [6.45, 7) is 4.84. The van der Waals surface area contributed by atoms with Crippen LogP contribution in [0.5, 0.6) is 5.88 Å². The Morgan fingerprint density at radius 2 is 2.26 bits per heavy atom. The number of aromatic nitrogens is 2. The van der Waals surface area contributed by atoms with Crippen LogP contribution in [0.25, 0.3) is 0 Å². The molecule has 3 rings (SSSR count). The number of nitriles is 1. The van der Waals surface area contributed by atoms with Gasteiger partial charge in [-0.05, 0) is 19.3 Å². The van der Waals surface area contributed by atoms with Gasteiger partial charge >= 0.3 is 0 Å². The van der Waals surface area contributed by atoms with Gasteiger partial charge in [-0.25, -0.2) is 0 Å². The van der Waals surface area contributed by atoms with Crippen LogP contribution in [0.3, 0.4) is 0 Å². The maximum atomic E-state index is 11.6. The van der Waals surface area contributed by atoms with Crippen molar-refractivity contribution in [3.05, 3.63) is 11.3 Å². The molecule has 0 aliphatic carbocycles. The van der Waals surface area contributed by atoms with Crippen LogP contribution in [-0.2, 0) is 16.6 Å². The van der Waals surface area contributed by atoms with Crippen LogP contribution in [0, 0.1) is 22.7 Å². The van der Waals surface area contributed by atoms with E-state index in [9.17, 15) is 10.1 Å². The number of nitrogens with zero attached hydrogens (tertiary/aromatic N) is 3. The summed E-state index contributed by atoms with van der Waals surface area (Å²) < 4.78 is 5.50. The van der Waals surface area contributed by atoms with Crippen molar-refractivity contribution in [2.24, 2.45) is 5.92 Å². The SMILES string of the molecule is CCCc1[nH]nc2c1C1(CCN(C(C)=O)CC1)C(C#N)C(=N)O2. The van der Waals surface area contributed by atoms with Gasteiger partial charge in [0.2, 0.25) is 17.7 Å². The van der Waals surface area contributed by atoms with Gasteiger partial charge in [-0.1, -0.05) is 13.3 Å². The van der Waals surface area contributed by atoms with Crippen LogP contribution in [-0.4, -0.2) is 40.0 Å². The molecule has 1 fully saturated rings. The average Bonchev–Trinajstić information content (AvgIpc) is 2.92. The molecule has 23 heavy (non-hydrogen) atoms. The molecule has 1 saturated heterocycles. The molecule has 1 amide bonds. The lowest BCUT2D eigenvalue weighted by Crippen LogP contribution is -2.52. The van der Waals surface area contributed by atoms with Gasteiger partial charge in [-0.15, -0.1) is 5.10 Å². The molecule has 1 atom stereocenters. The number of likely N-dealkylation sites (tertiary alicyclic amines) is 1. The molecule has 1 aromatic heterocycles. The smallest absolute Gasteiger partial charge is 0.243 e. The van der Waals surface area contributed by atoms with Crippen molar-refractivity contribution < 1.29 is 9.53 Å². The van der Waals surface area contributed by atoms with Gasteiger partial charge in [0.15, 0.2) is 0 Å². The molecular formula is C16H21N5O2. The molecule has 0 bridgehead atoms. The average molecular weight is 315 g/mol. The fraction of sp³-hybridized carbons (Fsp3) is 0.625. The van der Waals surface area contributed by atoms with Crippen molar-refractivity contribution >= 4 is 11.8 Å². The highest BCUT2D eigenvalue weighted by Crippen LogP contribution is 2.50. The Bertz CT molecular complexity index is 679. The monoisotopic (exact) mass is 315 g/mol. The van der Waals surface area contributed by atoms with Gasteiger partial charge < -0.3 is 9.64 Å². The summed E-state index contributed by atoms with van der Waals surface area (Å²) in [6, 6.07) is 2.26. The van der Waals surface area contributed by atoms with Gasteiger partial charge in [-0.3, -0.25) is 15.3 Å². The van der Waals surface area contributed by atoms with E-state index in [1.165, 1.54) is 0 Å². The van der Waals surface area contributed by atoms with E-state index in [0.29, 0.717) is 31.8 Å². The summed E-state index contributed by atoms with van der Waals surface area (Å²) >= 11 is 0. The number of carbonyl (C=O) groups is 1. The lowest BCUT2D eigenvalue weighted by atomic mass is 9.63. The topological polar surface area (TPSA) is 106 Å². The Kier molecular flexibility index (Phi) is 3.84. The number of amides is 1. The van der Waals surface area contributed by atoms with Crippen molar-refractivity contribution in [1.29, 1.82) is 10.7 Å². The number of H-pyrrole nitrogens is 1. The highest BCUT2D eigenvalue weighted by molar-refractivity contribution is 5.85. The first-order valence-corrected chi connectivity index (χ1v) is 8.02. The van der Waals surface area contributed by atoms with Gasteiger partial charge in [0.25, 0.3) is 0 Å². The summed E-state index contributed by atoms with van der Waals surface area (Å²) in [5, 5.41) is 25.0. The van der Waals surface area contributed by atoms with Crippen LogP contribution in [0.15, 0.2) is 0 Å². The third kappa shape index (κ3) is 2.29. The van der Waals surface area contributed by atoms with Crippen LogP contribution >= 0.6 is 0 Å². The molecule has 0 radical (unpaired) electrons. The number of rotatable bonds is 2. The van der Waals surface area contributed by atoms with Gasteiger partial charge in [-0.2, -0.15) is 5.26 Å². The molecule has 7 heteroatoms. The van der Waals surface area contributed by atoms with E-state index >= 15 is 0 Å². The van der Waals surface area contributed by atoms with Crippen molar-refractivity contribution in [2.45, 2.75) is 44.9 Å². The first-order valence-electron chi connectivity index (χ1n) is 8.02. The molecule has 2 aliphatic rings. The van der Waals surface area contributed by atoms with Crippen LogP contribution in [0.2, 0.25) is 0 Å². The van der Waals surface area contributed by atoms with E-state index < -0.39 is 11.3 Å². The summed E-state index contributed by atoms with van der Waals surface area (Å²) in [7, 11) is 0.